The van der Waals surface area contributed by atoms with Crippen LogP contribution in [0.1, 0.15) is 18.2 Å². The molecule has 68 valence electrons. The third-order valence-electron chi connectivity index (χ3n) is 2.53. The summed E-state index contributed by atoms with van der Waals surface area (Å²) < 4.78 is 2.05. The molecule has 0 aliphatic carbocycles. The van der Waals surface area contributed by atoms with Crippen LogP contribution in [0.25, 0.3) is 10.9 Å². The summed E-state index contributed by atoms with van der Waals surface area (Å²) in [7, 11) is 0. The fourth-order valence-corrected chi connectivity index (χ4v) is 1.73. The third-order valence-corrected chi connectivity index (χ3v) is 2.53. The largest absolute Gasteiger partial charge is 0.269 e. The highest BCUT2D eigenvalue weighted by Gasteiger charge is 2.06. The molecule has 0 atom stereocenters. The van der Waals surface area contributed by atoms with E-state index in [1.54, 1.807) is 0 Å². The summed E-state index contributed by atoms with van der Waals surface area (Å²) in [5, 5.41) is 5.83. The topological polar surface area (TPSA) is 17.8 Å². The number of aromatic nitrogens is 2. The first kappa shape index (κ1) is 8.30. The van der Waals surface area contributed by atoms with E-state index >= 15 is 0 Å². The predicted octanol–water partition coefficient (Wildman–Crippen LogP) is 2.67. The fourth-order valence-electron chi connectivity index (χ4n) is 1.73. The van der Waals surface area contributed by atoms with Crippen LogP contribution < -0.4 is 0 Å². The summed E-state index contributed by atoms with van der Waals surface area (Å²) in [6.45, 7) is 7.29. The van der Waals surface area contributed by atoms with Crippen LogP contribution in [-0.2, 0) is 6.54 Å². The molecule has 2 aromatic rings. The minimum Gasteiger partial charge on any atom is -0.269 e. The Balaban J connectivity index is 2.83. The molecule has 2 rings (SSSR count). The lowest BCUT2D eigenvalue weighted by Gasteiger charge is -1.96. The van der Waals surface area contributed by atoms with Gasteiger partial charge in [0.15, 0.2) is 0 Å². The molecule has 0 spiro atoms. The molecular formula is C11H14N2. The van der Waals surface area contributed by atoms with Gasteiger partial charge in [0.2, 0.25) is 0 Å². The van der Waals surface area contributed by atoms with Gasteiger partial charge in [-0.1, -0.05) is 18.2 Å². The van der Waals surface area contributed by atoms with Gasteiger partial charge in [0.05, 0.1) is 5.52 Å². The third kappa shape index (κ3) is 1.13. The van der Waals surface area contributed by atoms with E-state index in [-0.39, 0.29) is 0 Å². The van der Waals surface area contributed by atoms with Crippen LogP contribution in [0.2, 0.25) is 0 Å². The Labute approximate surface area is 78.2 Å². The second kappa shape index (κ2) is 2.87. The van der Waals surface area contributed by atoms with Gasteiger partial charge < -0.3 is 0 Å². The summed E-state index contributed by atoms with van der Waals surface area (Å²) in [6, 6.07) is 6.33. The Hall–Kier alpha value is -1.31. The summed E-state index contributed by atoms with van der Waals surface area (Å²) in [5.74, 6) is 0. The highest BCUT2D eigenvalue weighted by atomic mass is 15.3. The SMILES string of the molecule is CCn1nc2c(C)cccc2c1C. The van der Waals surface area contributed by atoms with Crippen LogP contribution in [0.4, 0.5) is 0 Å². The molecule has 1 heterocycles. The highest BCUT2D eigenvalue weighted by molar-refractivity contribution is 5.84. The van der Waals surface area contributed by atoms with E-state index in [4.69, 9.17) is 0 Å². The molecular weight excluding hydrogens is 160 g/mol. The Morgan fingerprint density at radius 1 is 1.31 bits per heavy atom. The van der Waals surface area contributed by atoms with Gasteiger partial charge in [-0.15, -0.1) is 0 Å². The second-order valence-corrected chi connectivity index (χ2v) is 3.37. The predicted molar refractivity (Wildman–Crippen MR) is 54.9 cm³/mol. The van der Waals surface area contributed by atoms with Gasteiger partial charge in [-0.25, -0.2) is 0 Å². The molecule has 0 fully saturated rings. The van der Waals surface area contributed by atoms with Crippen molar-refractivity contribution in [3.05, 3.63) is 29.5 Å². The molecule has 0 saturated heterocycles. The zero-order valence-corrected chi connectivity index (χ0v) is 8.33. The highest BCUT2D eigenvalue weighted by Crippen LogP contribution is 2.20. The lowest BCUT2D eigenvalue weighted by atomic mass is 10.1. The van der Waals surface area contributed by atoms with E-state index in [9.17, 15) is 0 Å². The number of benzene rings is 1. The second-order valence-electron chi connectivity index (χ2n) is 3.37. The Morgan fingerprint density at radius 3 is 2.69 bits per heavy atom. The summed E-state index contributed by atoms with van der Waals surface area (Å²) >= 11 is 0. The van der Waals surface area contributed by atoms with E-state index in [0.29, 0.717) is 0 Å². The van der Waals surface area contributed by atoms with Crippen LogP contribution in [0.3, 0.4) is 0 Å². The lowest BCUT2D eigenvalue weighted by molar-refractivity contribution is 0.647. The maximum absolute atomic E-state index is 4.55. The Bertz CT molecular complexity index is 441. The van der Waals surface area contributed by atoms with Gasteiger partial charge in [0.1, 0.15) is 0 Å². The molecule has 0 bridgehead atoms. The molecule has 13 heavy (non-hydrogen) atoms. The van der Waals surface area contributed by atoms with E-state index in [0.717, 1.165) is 12.1 Å². The van der Waals surface area contributed by atoms with Crippen molar-refractivity contribution >= 4 is 10.9 Å². The number of hydrogen-bond donors (Lipinski definition) is 0. The van der Waals surface area contributed by atoms with Gasteiger partial charge in [-0.05, 0) is 26.3 Å². The van der Waals surface area contributed by atoms with E-state index in [1.165, 1.54) is 16.6 Å². The monoisotopic (exact) mass is 174 g/mol. The maximum atomic E-state index is 4.55. The summed E-state index contributed by atoms with van der Waals surface area (Å²) in [4.78, 5) is 0. The lowest BCUT2D eigenvalue weighted by Crippen LogP contribution is -1.97. The van der Waals surface area contributed by atoms with Crippen LogP contribution >= 0.6 is 0 Å². The Kier molecular flexibility index (Phi) is 1.83. The Morgan fingerprint density at radius 2 is 2.08 bits per heavy atom. The van der Waals surface area contributed by atoms with Crippen molar-refractivity contribution < 1.29 is 0 Å². The number of rotatable bonds is 1. The molecule has 0 radical (unpaired) electrons. The van der Waals surface area contributed by atoms with Crippen molar-refractivity contribution in [1.29, 1.82) is 0 Å². The molecule has 0 saturated carbocycles. The first-order valence-corrected chi connectivity index (χ1v) is 4.66. The van der Waals surface area contributed by atoms with Crippen molar-refractivity contribution in [2.75, 3.05) is 0 Å². The van der Waals surface area contributed by atoms with Crippen LogP contribution in [-0.4, -0.2) is 9.78 Å². The molecule has 0 amide bonds. The number of nitrogens with zero attached hydrogens (tertiary/aromatic N) is 2. The number of fused-ring (bicyclic) bond motifs is 1. The van der Waals surface area contributed by atoms with Crippen LogP contribution in [0.5, 0.6) is 0 Å². The number of hydrogen-bond acceptors (Lipinski definition) is 1. The average Bonchev–Trinajstić information content (AvgIpc) is 2.45. The van der Waals surface area contributed by atoms with Gasteiger partial charge in [0, 0.05) is 17.6 Å². The minimum atomic E-state index is 0.944. The van der Waals surface area contributed by atoms with Crippen molar-refractivity contribution in [1.82, 2.24) is 9.78 Å². The van der Waals surface area contributed by atoms with Crippen LogP contribution in [0, 0.1) is 13.8 Å². The summed E-state index contributed by atoms with van der Waals surface area (Å²) in [5.41, 5.74) is 3.66. The van der Waals surface area contributed by atoms with Gasteiger partial charge in [0.25, 0.3) is 0 Å². The van der Waals surface area contributed by atoms with Crippen molar-refractivity contribution in [2.45, 2.75) is 27.3 Å². The first-order chi connectivity index (χ1) is 6.24. The molecule has 0 unspecified atom stereocenters. The molecule has 1 aromatic carbocycles. The molecule has 1 aromatic heterocycles. The molecule has 0 N–H and O–H groups in total. The quantitative estimate of drug-likeness (QED) is 0.650. The van der Waals surface area contributed by atoms with Gasteiger partial charge in [-0.2, -0.15) is 5.10 Å². The molecule has 0 aliphatic heterocycles. The van der Waals surface area contributed by atoms with Gasteiger partial charge >= 0.3 is 0 Å². The zero-order valence-electron chi connectivity index (χ0n) is 8.33. The van der Waals surface area contributed by atoms with E-state index in [2.05, 4.69) is 48.8 Å². The smallest absolute Gasteiger partial charge is 0.0955 e. The van der Waals surface area contributed by atoms with Gasteiger partial charge in [-0.3, -0.25) is 4.68 Å². The molecule has 2 heteroatoms. The first-order valence-electron chi connectivity index (χ1n) is 4.66. The average molecular weight is 174 g/mol. The minimum absolute atomic E-state index is 0.944. The van der Waals surface area contributed by atoms with E-state index in [1.807, 2.05) is 0 Å². The van der Waals surface area contributed by atoms with Crippen molar-refractivity contribution in [3.63, 3.8) is 0 Å². The fraction of sp³-hybridized carbons (Fsp3) is 0.364. The maximum Gasteiger partial charge on any atom is 0.0955 e. The zero-order chi connectivity index (χ0) is 9.42. The van der Waals surface area contributed by atoms with Crippen molar-refractivity contribution in [3.8, 4) is 0 Å². The van der Waals surface area contributed by atoms with E-state index < -0.39 is 0 Å². The molecule has 2 nitrogen and oxygen atoms in total. The van der Waals surface area contributed by atoms with Crippen molar-refractivity contribution in [2.24, 2.45) is 0 Å². The standard InChI is InChI=1S/C11H14N2/c1-4-13-9(3)10-7-5-6-8(2)11(10)12-13/h5-7H,4H2,1-3H3. The summed E-state index contributed by atoms with van der Waals surface area (Å²) in [6.07, 6.45) is 0. The van der Waals surface area contributed by atoms with Crippen LogP contribution in [0.15, 0.2) is 18.2 Å². The normalized spacial score (nSPS) is 11.0. The molecule has 0 aliphatic rings. The number of aryl methyl sites for hydroxylation is 3.